The Balaban J connectivity index is 2.34. The highest BCUT2D eigenvalue weighted by molar-refractivity contribution is 9.10. The first kappa shape index (κ1) is 15.2. The number of benzene rings is 1. The maximum atomic E-state index is 8.89. The van der Waals surface area contributed by atoms with Crippen molar-refractivity contribution in [3.63, 3.8) is 0 Å². The number of anilines is 1. The molecule has 0 saturated heterocycles. The van der Waals surface area contributed by atoms with E-state index in [1.165, 1.54) is 4.88 Å². The van der Waals surface area contributed by atoms with Gasteiger partial charge in [-0.1, -0.05) is 22.8 Å². The summed E-state index contributed by atoms with van der Waals surface area (Å²) in [6.45, 7) is 0.711. The lowest BCUT2D eigenvalue weighted by molar-refractivity contribution is 0.318. The standard InChI is InChI=1S/C13H13BrClN3OS/c1-18(6-9-5-8(14)7-20-9)11-4-2-3-10(15)12(11)13(16)17-19/h2-5,7,19H,6H2,1H3,(H2,16,17). The highest BCUT2D eigenvalue weighted by atomic mass is 79.9. The van der Waals surface area contributed by atoms with E-state index in [2.05, 4.69) is 27.2 Å². The van der Waals surface area contributed by atoms with Gasteiger partial charge in [-0.2, -0.15) is 0 Å². The van der Waals surface area contributed by atoms with Crippen LogP contribution in [-0.2, 0) is 6.54 Å². The number of oxime groups is 1. The minimum absolute atomic E-state index is 0.00445. The number of halogens is 2. The van der Waals surface area contributed by atoms with Crippen LogP contribution < -0.4 is 10.6 Å². The van der Waals surface area contributed by atoms with Crippen molar-refractivity contribution >= 4 is 50.4 Å². The summed E-state index contributed by atoms with van der Waals surface area (Å²) >= 11 is 11.3. The molecular weight excluding hydrogens is 362 g/mol. The summed E-state index contributed by atoms with van der Waals surface area (Å²) in [6, 6.07) is 7.51. The van der Waals surface area contributed by atoms with E-state index in [0.717, 1.165) is 10.2 Å². The van der Waals surface area contributed by atoms with E-state index in [4.69, 9.17) is 22.5 Å². The van der Waals surface area contributed by atoms with Crippen LogP contribution in [0.15, 0.2) is 39.3 Å². The van der Waals surface area contributed by atoms with Crippen molar-refractivity contribution in [2.45, 2.75) is 6.54 Å². The van der Waals surface area contributed by atoms with Crippen LogP contribution >= 0.6 is 38.9 Å². The smallest absolute Gasteiger partial charge is 0.173 e. The van der Waals surface area contributed by atoms with Crippen molar-refractivity contribution in [2.24, 2.45) is 10.9 Å². The average Bonchev–Trinajstić information content (AvgIpc) is 2.83. The van der Waals surface area contributed by atoms with Gasteiger partial charge in [0.05, 0.1) is 17.1 Å². The normalized spacial score (nSPS) is 11.7. The van der Waals surface area contributed by atoms with Crippen LogP contribution in [-0.4, -0.2) is 18.1 Å². The first-order valence-corrected chi connectivity index (χ1v) is 7.78. The highest BCUT2D eigenvalue weighted by Gasteiger charge is 2.15. The summed E-state index contributed by atoms with van der Waals surface area (Å²) in [5.74, 6) is 0.00445. The second-order valence-electron chi connectivity index (χ2n) is 4.21. The van der Waals surface area contributed by atoms with Crippen LogP contribution in [0.2, 0.25) is 5.02 Å². The lowest BCUT2D eigenvalue weighted by Gasteiger charge is -2.22. The van der Waals surface area contributed by atoms with Gasteiger partial charge in [-0.05, 0) is 34.1 Å². The summed E-state index contributed by atoms with van der Waals surface area (Å²) in [4.78, 5) is 3.21. The molecule has 20 heavy (non-hydrogen) atoms. The van der Waals surface area contributed by atoms with Gasteiger partial charge >= 0.3 is 0 Å². The third kappa shape index (κ3) is 3.26. The molecule has 1 heterocycles. The molecule has 0 bridgehead atoms. The largest absolute Gasteiger partial charge is 0.409 e. The molecule has 0 unspecified atom stereocenters. The molecule has 0 atom stereocenters. The average molecular weight is 375 g/mol. The Morgan fingerprint density at radius 2 is 2.30 bits per heavy atom. The molecule has 3 N–H and O–H groups in total. The van der Waals surface area contributed by atoms with E-state index < -0.39 is 0 Å². The Morgan fingerprint density at radius 1 is 1.55 bits per heavy atom. The van der Waals surface area contributed by atoms with Gasteiger partial charge in [0.15, 0.2) is 5.84 Å². The number of hydrogen-bond acceptors (Lipinski definition) is 4. The molecule has 2 aromatic rings. The van der Waals surface area contributed by atoms with Crippen molar-refractivity contribution in [2.75, 3.05) is 11.9 Å². The minimum Gasteiger partial charge on any atom is -0.409 e. The van der Waals surface area contributed by atoms with Gasteiger partial charge in [-0.3, -0.25) is 0 Å². The summed E-state index contributed by atoms with van der Waals surface area (Å²) in [5.41, 5.74) is 7.07. The van der Waals surface area contributed by atoms with E-state index in [0.29, 0.717) is 17.1 Å². The van der Waals surface area contributed by atoms with Crippen molar-refractivity contribution in [1.82, 2.24) is 0 Å². The molecule has 106 valence electrons. The zero-order valence-electron chi connectivity index (χ0n) is 10.7. The lowest BCUT2D eigenvalue weighted by Crippen LogP contribution is -2.22. The number of rotatable bonds is 4. The predicted molar refractivity (Wildman–Crippen MR) is 88.1 cm³/mol. The van der Waals surface area contributed by atoms with Crippen LogP contribution in [0.1, 0.15) is 10.4 Å². The van der Waals surface area contributed by atoms with Crippen LogP contribution in [0.5, 0.6) is 0 Å². The van der Waals surface area contributed by atoms with E-state index in [9.17, 15) is 0 Å². The van der Waals surface area contributed by atoms with Gasteiger partial charge < -0.3 is 15.8 Å². The maximum absolute atomic E-state index is 8.89. The Bertz CT molecular complexity index is 644. The quantitative estimate of drug-likeness (QED) is 0.369. The number of hydrogen-bond donors (Lipinski definition) is 2. The minimum atomic E-state index is 0.00445. The molecule has 0 fully saturated rings. The summed E-state index contributed by atoms with van der Waals surface area (Å²) < 4.78 is 1.06. The molecule has 0 aliphatic heterocycles. The Labute approximate surface area is 134 Å². The van der Waals surface area contributed by atoms with Gasteiger partial charge in [0, 0.05) is 27.5 Å². The van der Waals surface area contributed by atoms with E-state index in [1.807, 2.05) is 29.5 Å². The molecule has 0 amide bonds. The first-order chi connectivity index (χ1) is 9.52. The van der Waals surface area contributed by atoms with Crippen LogP contribution in [0.3, 0.4) is 0 Å². The SMILES string of the molecule is CN(Cc1cc(Br)cs1)c1cccc(Cl)c1C(N)=NO. The van der Waals surface area contributed by atoms with E-state index >= 15 is 0 Å². The molecule has 0 saturated carbocycles. The van der Waals surface area contributed by atoms with Crippen molar-refractivity contribution in [1.29, 1.82) is 0 Å². The molecule has 0 aliphatic rings. The molecule has 1 aromatic heterocycles. The maximum Gasteiger partial charge on any atom is 0.173 e. The monoisotopic (exact) mass is 373 g/mol. The van der Waals surface area contributed by atoms with Gasteiger partial charge in [-0.15, -0.1) is 11.3 Å². The predicted octanol–water partition coefficient (Wildman–Crippen LogP) is 3.89. The Morgan fingerprint density at radius 3 is 2.90 bits per heavy atom. The van der Waals surface area contributed by atoms with Crippen molar-refractivity contribution < 1.29 is 5.21 Å². The Hall–Kier alpha value is -1.24. The van der Waals surface area contributed by atoms with Gasteiger partial charge in [0.25, 0.3) is 0 Å². The molecule has 2 rings (SSSR count). The number of thiophene rings is 1. The van der Waals surface area contributed by atoms with E-state index in [-0.39, 0.29) is 5.84 Å². The lowest BCUT2D eigenvalue weighted by atomic mass is 10.1. The third-order valence-electron chi connectivity index (χ3n) is 2.78. The van der Waals surface area contributed by atoms with Gasteiger partial charge in [0.2, 0.25) is 0 Å². The van der Waals surface area contributed by atoms with Crippen LogP contribution in [0.25, 0.3) is 0 Å². The van der Waals surface area contributed by atoms with Crippen molar-refractivity contribution in [3.05, 3.63) is 49.6 Å². The molecule has 0 aliphatic carbocycles. The fraction of sp³-hybridized carbons (Fsp3) is 0.154. The molecule has 0 radical (unpaired) electrons. The fourth-order valence-electron chi connectivity index (χ4n) is 1.89. The zero-order valence-corrected chi connectivity index (χ0v) is 13.8. The number of nitrogens with two attached hydrogens (primary N) is 1. The second-order valence-corrected chi connectivity index (χ2v) is 6.53. The molecular formula is C13H13BrClN3OS. The number of amidine groups is 1. The molecule has 1 aromatic carbocycles. The second kappa shape index (κ2) is 6.47. The Kier molecular flexibility index (Phi) is 4.91. The van der Waals surface area contributed by atoms with Gasteiger partial charge in [0.1, 0.15) is 0 Å². The first-order valence-electron chi connectivity index (χ1n) is 5.73. The van der Waals surface area contributed by atoms with E-state index in [1.54, 1.807) is 17.4 Å². The summed E-state index contributed by atoms with van der Waals surface area (Å²) in [5, 5.41) is 14.4. The topological polar surface area (TPSA) is 61.8 Å². The summed E-state index contributed by atoms with van der Waals surface area (Å²) in [6.07, 6.45) is 0. The summed E-state index contributed by atoms with van der Waals surface area (Å²) in [7, 11) is 1.94. The molecule has 7 heteroatoms. The van der Waals surface area contributed by atoms with Crippen molar-refractivity contribution in [3.8, 4) is 0 Å². The van der Waals surface area contributed by atoms with Crippen LogP contribution in [0, 0.1) is 0 Å². The van der Waals surface area contributed by atoms with Crippen LogP contribution in [0.4, 0.5) is 5.69 Å². The highest BCUT2D eigenvalue weighted by Crippen LogP contribution is 2.29. The number of nitrogens with zero attached hydrogens (tertiary/aromatic N) is 2. The molecule has 0 spiro atoms. The molecule has 4 nitrogen and oxygen atoms in total. The zero-order chi connectivity index (χ0) is 14.7. The fourth-order valence-corrected chi connectivity index (χ4v) is 3.66. The third-order valence-corrected chi connectivity index (χ3v) is 4.78. The van der Waals surface area contributed by atoms with Gasteiger partial charge in [-0.25, -0.2) is 0 Å².